The molecule has 2 fully saturated rings. The Labute approximate surface area is 141 Å². The van der Waals surface area contributed by atoms with E-state index in [9.17, 15) is 4.79 Å². The topological polar surface area (TPSA) is 48.1 Å². The minimum atomic E-state index is -0.272. The molecule has 6 heteroatoms. The molecule has 0 radical (unpaired) electrons. The first-order valence-corrected chi connectivity index (χ1v) is 8.89. The average molecular weight is 326 g/mol. The molecule has 2 heterocycles. The highest BCUT2D eigenvalue weighted by Gasteiger charge is 2.38. The van der Waals surface area contributed by atoms with Gasteiger partial charge < -0.3 is 19.9 Å². The van der Waals surface area contributed by atoms with E-state index in [4.69, 9.17) is 4.74 Å². The van der Waals surface area contributed by atoms with E-state index in [2.05, 4.69) is 41.0 Å². The highest BCUT2D eigenvalue weighted by atomic mass is 16.6. The van der Waals surface area contributed by atoms with Crippen molar-refractivity contribution in [2.45, 2.75) is 51.3 Å². The van der Waals surface area contributed by atoms with Gasteiger partial charge in [-0.1, -0.05) is 0 Å². The number of ether oxygens (including phenoxy) is 1. The number of piperazine rings is 1. The van der Waals surface area contributed by atoms with Crippen molar-refractivity contribution in [2.75, 3.05) is 53.4 Å². The summed E-state index contributed by atoms with van der Waals surface area (Å²) < 4.78 is 5.34. The fourth-order valence-corrected chi connectivity index (χ4v) is 3.52. The van der Waals surface area contributed by atoms with E-state index in [1.807, 2.05) is 13.8 Å². The molecule has 2 rings (SSSR count). The van der Waals surface area contributed by atoms with E-state index >= 15 is 0 Å². The summed E-state index contributed by atoms with van der Waals surface area (Å²) in [5.41, 5.74) is -0.159. The highest BCUT2D eigenvalue weighted by Crippen LogP contribution is 2.24. The second kappa shape index (κ2) is 7.81. The first-order valence-electron chi connectivity index (χ1n) is 8.89. The Balaban J connectivity index is 2.00. The van der Waals surface area contributed by atoms with Gasteiger partial charge >= 0.3 is 6.09 Å². The zero-order valence-electron chi connectivity index (χ0n) is 15.5. The lowest BCUT2D eigenvalue weighted by Gasteiger charge is -2.46. The molecule has 1 N–H and O–H groups in total. The van der Waals surface area contributed by atoms with Gasteiger partial charge in [0.1, 0.15) is 0 Å². The monoisotopic (exact) mass is 326 g/mol. The van der Waals surface area contributed by atoms with Gasteiger partial charge in [0.25, 0.3) is 0 Å². The molecule has 0 aromatic carbocycles. The number of hydrogen-bond donors (Lipinski definition) is 1. The van der Waals surface area contributed by atoms with Gasteiger partial charge in [-0.15, -0.1) is 0 Å². The van der Waals surface area contributed by atoms with Gasteiger partial charge in [-0.3, -0.25) is 4.90 Å². The van der Waals surface area contributed by atoms with Crippen LogP contribution in [0.15, 0.2) is 0 Å². The van der Waals surface area contributed by atoms with E-state index in [1.54, 1.807) is 0 Å². The van der Waals surface area contributed by atoms with Gasteiger partial charge in [0.2, 0.25) is 0 Å². The predicted molar refractivity (Wildman–Crippen MR) is 92.7 cm³/mol. The number of carbonyl (C=O) groups excluding carboxylic acids is 1. The first kappa shape index (κ1) is 18.5. The lowest BCUT2D eigenvalue weighted by molar-refractivity contribution is 0.0462. The third kappa shape index (κ3) is 5.33. The summed E-state index contributed by atoms with van der Waals surface area (Å²) in [6.07, 6.45) is 1.61. The number of rotatable bonds is 4. The summed E-state index contributed by atoms with van der Waals surface area (Å²) >= 11 is 0. The highest BCUT2D eigenvalue weighted by molar-refractivity contribution is 5.68. The predicted octanol–water partition coefficient (Wildman–Crippen LogP) is 1.22. The summed E-state index contributed by atoms with van der Waals surface area (Å²) in [7, 11) is 4.33. The third-order valence-electron chi connectivity index (χ3n) is 5.22. The minimum absolute atomic E-state index is 0.0815. The largest absolute Gasteiger partial charge is 0.447 e. The van der Waals surface area contributed by atoms with Crippen molar-refractivity contribution in [1.82, 2.24) is 20.0 Å². The van der Waals surface area contributed by atoms with Gasteiger partial charge in [0.15, 0.2) is 0 Å². The molecular formula is C17H34N4O2. The maximum absolute atomic E-state index is 12.2. The van der Waals surface area contributed by atoms with Gasteiger partial charge in [0, 0.05) is 45.3 Å². The number of likely N-dealkylation sites (tertiary alicyclic amines) is 1. The molecule has 1 unspecified atom stereocenters. The van der Waals surface area contributed by atoms with Crippen molar-refractivity contribution in [3.05, 3.63) is 0 Å². The molecule has 0 aromatic heterocycles. The van der Waals surface area contributed by atoms with Gasteiger partial charge in [-0.2, -0.15) is 0 Å². The summed E-state index contributed by atoms with van der Waals surface area (Å²) in [6, 6.07) is 0.565. The van der Waals surface area contributed by atoms with Crippen molar-refractivity contribution in [1.29, 1.82) is 0 Å². The molecule has 2 saturated heterocycles. The lowest BCUT2D eigenvalue weighted by Crippen LogP contribution is -2.63. The third-order valence-corrected chi connectivity index (χ3v) is 5.22. The van der Waals surface area contributed by atoms with Crippen molar-refractivity contribution in [3.63, 3.8) is 0 Å². The Morgan fingerprint density at radius 3 is 2.43 bits per heavy atom. The zero-order chi connectivity index (χ0) is 17.0. The fourth-order valence-electron chi connectivity index (χ4n) is 3.52. The number of amides is 1. The van der Waals surface area contributed by atoms with Crippen LogP contribution in [0.5, 0.6) is 0 Å². The van der Waals surface area contributed by atoms with Crippen LogP contribution in [0.3, 0.4) is 0 Å². The Bertz CT molecular complexity index is 394. The van der Waals surface area contributed by atoms with Crippen LogP contribution in [0.4, 0.5) is 4.79 Å². The molecular weight excluding hydrogens is 292 g/mol. The van der Waals surface area contributed by atoms with E-state index < -0.39 is 0 Å². The van der Waals surface area contributed by atoms with Crippen LogP contribution < -0.4 is 5.32 Å². The second-order valence-corrected chi connectivity index (χ2v) is 7.73. The van der Waals surface area contributed by atoms with Crippen molar-refractivity contribution in [3.8, 4) is 0 Å². The standard InChI is InChI=1S/C17H34N4O2/c1-14(2)23-16(22)18-17(6-8-19(4)9-7-17)13-21-11-10-20(5)15(3)12-21/h14-15H,6-13H2,1-5H3,(H,18,22). The molecule has 6 nitrogen and oxygen atoms in total. The molecule has 0 bridgehead atoms. The number of piperidine rings is 1. The van der Waals surface area contributed by atoms with Crippen LogP contribution in [-0.4, -0.2) is 91.8 Å². The van der Waals surface area contributed by atoms with Crippen molar-refractivity contribution in [2.24, 2.45) is 0 Å². The molecule has 0 spiro atoms. The van der Waals surface area contributed by atoms with Crippen LogP contribution in [0, 0.1) is 0 Å². The summed E-state index contributed by atoms with van der Waals surface area (Å²) in [5.74, 6) is 0. The number of alkyl carbamates (subject to hydrolysis) is 1. The van der Waals surface area contributed by atoms with Crippen LogP contribution in [0.25, 0.3) is 0 Å². The quantitative estimate of drug-likeness (QED) is 0.842. The number of carbonyl (C=O) groups is 1. The lowest BCUT2D eigenvalue weighted by atomic mass is 9.86. The second-order valence-electron chi connectivity index (χ2n) is 7.73. The van der Waals surface area contributed by atoms with Crippen molar-refractivity contribution >= 4 is 6.09 Å². The van der Waals surface area contributed by atoms with Crippen LogP contribution >= 0.6 is 0 Å². The Hall–Kier alpha value is -0.850. The Kier molecular flexibility index (Phi) is 6.28. The molecule has 2 aliphatic heterocycles. The minimum Gasteiger partial charge on any atom is -0.447 e. The van der Waals surface area contributed by atoms with Gasteiger partial charge in [-0.25, -0.2) is 4.79 Å². The van der Waals surface area contributed by atoms with Crippen LogP contribution in [-0.2, 0) is 4.74 Å². The van der Waals surface area contributed by atoms with E-state index in [0.29, 0.717) is 6.04 Å². The summed E-state index contributed by atoms with van der Waals surface area (Å²) in [4.78, 5) is 19.4. The SMILES string of the molecule is CC(C)OC(=O)NC1(CN2CCN(C)C(C)C2)CCN(C)CC1. The van der Waals surface area contributed by atoms with Crippen molar-refractivity contribution < 1.29 is 9.53 Å². The molecule has 23 heavy (non-hydrogen) atoms. The van der Waals surface area contributed by atoms with Gasteiger partial charge in [-0.05, 0) is 47.7 Å². The molecule has 1 atom stereocenters. The molecule has 134 valence electrons. The van der Waals surface area contributed by atoms with E-state index in [1.165, 1.54) is 0 Å². The number of nitrogens with zero attached hydrogens (tertiary/aromatic N) is 3. The van der Waals surface area contributed by atoms with E-state index in [0.717, 1.165) is 52.1 Å². The molecule has 2 aliphatic rings. The molecule has 0 saturated carbocycles. The summed E-state index contributed by atoms with van der Waals surface area (Å²) in [5, 5.41) is 3.21. The zero-order valence-corrected chi connectivity index (χ0v) is 15.5. The van der Waals surface area contributed by atoms with Crippen LogP contribution in [0.1, 0.15) is 33.6 Å². The molecule has 0 aromatic rings. The molecule has 0 aliphatic carbocycles. The normalized spacial score (nSPS) is 27.1. The smallest absolute Gasteiger partial charge is 0.407 e. The summed E-state index contributed by atoms with van der Waals surface area (Å²) in [6.45, 7) is 12.2. The maximum Gasteiger partial charge on any atom is 0.407 e. The average Bonchev–Trinajstić information content (AvgIpc) is 2.45. The fraction of sp³-hybridized carbons (Fsp3) is 0.941. The maximum atomic E-state index is 12.2. The Morgan fingerprint density at radius 2 is 1.87 bits per heavy atom. The number of nitrogens with one attached hydrogen (secondary N) is 1. The van der Waals surface area contributed by atoms with Crippen LogP contribution in [0.2, 0.25) is 0 Å². The number of likely N-dealkylation sites (N-methyl/N-ethyl adjacent to an activating group) is 1. The van der Waals surface area contributed by atoms with Gasteiger partial charge in [0.05, 0.1) is 11.6 Å². The number of hydrogen-bond acceptors (Lipinski definition) is 5. The first-order chi connectivity index (χ1) is 10.8. The Morgan fingerprint density at radius 1 is 1.22 bits per heavy atom. The van der Waals surface area contributed by atoms with E-state index in [-0.39, 0.29) is 17.7 Å². The molecule has 1 amide bonds.